The van der Waals surface area contributed by atoms with Crippen molar-refractivity contribution in [1.29, 1.82) is 0 Å². The number of allylic oxidation sites excluding steroid dienone is 1. The Bertz CT molecular complexity index is 236. The van der Waals surface area contributed by atoms with E-state index in [2.05, 4.69) is 6.58 Å². The van der Waals surface area contributed by atoms with E-state index in [-0.39, 0.29) is 0 Å². The SMILES string of the molecule is C=C([C]=O)c1ccccc1. The Kier molecular flexibility index (Phi) is 2.00. The average molecular weight is 131 g/mol. The van der Waals surface area contributed by atoms with E-state index in [0.29, 0.717) is 5.57 Å². The predicted octanol–water partition coefficient (Wildman–Crippen LogP) is 1.81. The van der Waals surface area contributed by atoms with Gasteiger partial charge in [0.25, 0.3) is 0 Å². The van der Waals surface area contributed by atoms with Gasteiger partial charge in [-0.25, -0.2) is 0 Å². The lowest BCUT2D eigenvalue weighted by atomic mass is 10.1. The van der Waals surface area contributed by atoms with E-state index in [1.807, 2.05) is 30.3 Å². The van der Waals surface area contributed by atoms with Crippen LogP contribution in [-0.4, -0.2) is 6.29 Å². The van der Waals surface area contributed by atoms with E-state index in [4.69, 9.17) is 0 Å². The van der Waals surface area contributed by atoms with Gasteiger partial charge < -0.3 is 0 Å². The van der Waals surface area contributed by atoms with Crippen molar-refractivity contribution >= 4 is 11.9 Å². The van der Waals surface area contributed by atoms with Gasteiger partial charge in [0.2, 0.25) is 6.29 Å². The van der Waals surface area contributed by atoms with E-state index >= 15 is 0 Å². The largest absolute Gasteiger partial charge is 0.285 e. The third kappa shape index (κ3) is 1.32. The van der Waals surface area contributed by atoms with E-state index in [9.17, 15) is 4.79 Å². The van der Waals surface area contributed by atoms with Crippen LogP contribution < -0.4 is 0 Å². The summed E-state index contributed by atoms with van der Waals surface area (Å²) >= 11 is 0. The third-order valence-electron chi connectivity index (χ3n) is 1.25. The van der Waals surface area contributed by atoms with Gasteiger partial charge in [-0.05, 0) is 5.56 Å². The highest BCUT2D eigenvalue weighted by molar-refractivity contribution is 6.06. The molecule has 0 aliphatic carbocycles. The first-order valence-corrected chi connectivity index (χ1v) is 2.97. The summed E-state index contributed by atoms with van der Waals surface area (Å²) in [5.74, 6) is 0. The number of hydrogen-bond acceptors (Lipinski definition) is 1. The average Bonchev–Trinajstić information content (AvgIpc) is 2.05. The Morgan fingerprint density at radius 3 is 2.40 bits per heavy atom. The summed E-state index contributed by atoms with van der Waals surface area (Å²) in [6.07, 6.45) is 1.74. The Hall–Kier alpha value is -1.37. The molecular formula is C9H7O. The minimum atomic E-state index is 0.403. The van der Waals surface area contributed by atoms with Gasteiger partial charge in [-0.2, -0.15) is 0 Å². The second-order valence-electron chi connectivity index (χ2n) is 1.95. The van der Waals surface area contributed by atoms with Crippen molar-refractivity contribution in [3.8, 4) is 0 Å². The maximum Gasteiger partial charge on any atom is 0.233 e. The molecule has 0 aliphatic rings. The standard InChI is InChI=1S/C9H7O/c1-8(7-10)9-5-3-2-4-6-9/h2-6H,1H2. The first-order chi connectivity index (χ1) is 4.84. The van der Waals surface area contributed by atoms with Crippen LogP contribution in [0.15, 0.2) is 36.9 Å². The molecule has 0 heterocycles. The number of rotatable bonds is 2. The zero-order valence-electron chi connectivity index (χ0n) is 5.50. The lowest BCUT2D eigenvalue weighted by molar-refractivity contribution is 0.565. The van der Waals surface area contributed by atoms with Crippen molar-refractivity contribution in [2.24, 2.45) is 0 Å². The van der Waals surface area contributed by atoms with Gasteiger partial charge in [0.1, 0.15) is 0 Å². The molecule has 1 heteroatoms. The van der Waals surface area contributed by atoms with E-state index in [1.54, 1.807) is 6.29 Å². The zero-order chi connectivity index (χ0) is 7.40. The molecule has 49 valence electrons. The minimum Gasteiger partial charge on any atom is -0.285 e. The van der Waals surface area contributed by atoms with Gasteiger partial charge in [0, 0.05) is 5.57 Å². The van der Waals surface area contributed by atoms with Crippen LogP contribution in [0.1, 0.15) is 5.56 Å². The predicted molar refractivity (Wildman–Crippen MR) is 41.2 cm³/mol. The van der Waals surface area contributed by atoms with E-state index in [1.165, 1.54) is 0 Å². The van der Waals surface area contributed by atoms with Crippen LogP contribution in [-0.2, 0) is 4.79 Å². The summed E-state index contributed by atoms with van der Waals surface area (Å²) in [7, 11) is 0. The van der Waals surface area contributed by atoms with Crippen LogP contribution in [0.4, 0.5) is 0 Å². The smallest absolute Gasteiger partial charge is 0.233 e. The maximum absolute atomic E-state index is 10.1. The van der Waals surface area contributed by atoms with E-state index < -0.39 is 0 Å². The molecule has 0 aromatic heterocycles. The van der Waals surface area contributed by atoms with Gasteiger partial charge in [-0.3, -0.25) is 4.79 Å². The van der Waals surface area contributed by atoms with Crippen molar-refractivity contribution in [1.82, 2.24) is 0 Å². The zero-order valence-corrected chi connectivity index (χ0v) is 5.50. The van der Waals surface area contributed by atoms with Gasteiger partial charge in [0.15, 0.2) is 0 Å². The highest BCUT2D eigenvalue weighted by Crippen LogP contribution is 2.07. The monoisotopic (exact) mass is 131 g/mol. The van der Waals surface area contributed by atoms with Crippen LogP contribution >= 0.6 is 0 Å². The Morgan fingerprint density at radius 2 is 1.90 bits per heavy atom. The summed E-state index contributed by atoms with van der Waals surface area (Å²) in [6.45, 7) is 3.52. The molecule has 1 aromatic carbocycles. The summed E-state index contributed by atoms with van der Waals surface area (Å²) < 4.78 is 0. The van der Waals surface area contributed by atoms with Crippen LogP contribution in [0.5, 0.6) is 0 Å². The molecule has 0 N–H and O–H groups in total. The first-order valence-electron chi connectivity index (χ1n) is 2.97. The number of benzene rings is 1. The summed E-state index contributed by atoms with van der Waals surface area (Å²) in [5.41, 5.74) is 1.23. The fraction of sp³-hybridized carbons (Fsp3) is 0. The first kappa shape index (κ1) is 6.75. The second kappa shape index (κ2) is 2.97. The molecular weight excluding hydrogens is 124 g/mol. The maximum atomic E-state index is 10.1. The lowest BCUT2D eigenvalue weighted by Crippen LogP contribution is -1.80. The van der Waals surface area contributed by atoms with Crippen LogP contribution in [0.2, 0.25) is 0 Å². The quantitative estimate of drug-likeness (QED) is 0.559. The van der Waals surface area contributed by atoms with Crippen molar-refractivity contribution < 1.29 is 4.79 Å². The summed E-state index contributed by atoms with van der Waals surface area (Å²) in [6, 6.07) is 9.26. The van der Waals surface area contributed by atoms with Crippen molar-refractivity contribution in [2.75, 3.05) is 0 Å². The molecule has 0 amide bonds. The highest BCUT2D eigenvalue weighted by atomic mass is 16.1. The molecule has 1 nitrogen and oxygen atoms in total. The normalized spacial score (nSPS) is 8.80. The minimum absolute atomic E-state index is 0.403. The van der Waals surface area contributed by atoms with Gasteiger partial charge >= 0.3 is 0 Å². The number of carbonyl (C=O) groups excluding carboxylic acids is 1. The molecule has 0 bridgehead atoms. The molecule has 1 rings (SSSR count). The molecule has 0 atom stereocenters. The van der Waals surface area contributed by atoms with Gasteiger partial charge in [-0.1, -0.05) is 36.9 Å². The highest BCUT2D eigenvalue weighted by Gasteiger charge is 1.93. The second-order valence-corrected chi connectivity index (χ2v) is 1.95. The van der Waals surface area contributed by atoms with Crippen molar-refractivity contribution in [3.05, 3.63) is 42.5 Å². The summed E-state index contributed by atoms with van der Waals surface area (Å²) in [4.78, 5) is 10.1. The fourth-order valence-corrected chi connectivity index (χ4v) is 0.698. The summed E-state index contributed by atoms with van der Waals surface area (Å²) in [5, 5.41) is 0. The van der Waals surface area contributed by atoms with Crippen molar-refractivity contribution in [2.45, 2.75) is 0 Å². The number of hydrogen-bond donors (Lipinski definition) is 0. The Labute approximate surface area is 60.0 Å². The molecule has 1 aromatic rings. The third-order valence-corrected chi connectivity index (χ3v) is 1.25. The Morgan fingerprint density at radius 1 is 1.30 bits per heavy atom. The van der Waals surface area contributed by atoms with Crippen LogP contribution in [0.25, 0.3) is 5.57 Å². The van der Waals surface area contributed by atoms with Gasteiger partial charge in [0.05, 0.1) is 0 Å². The molecule has 0 saturated carbocycles. The molecule has 0 saturated heterocycles. The van der Waals surface area contributed by atoms with Gasteiger partial charge in [-0.15, -0.1) is 0 Å². The lowest BCUT2D eigenvalue weighted by Gasteiger charge is -1.92. The molecule has 0 unspecified atom stereocenters. The molecule has 0 aliphatic heterocycles. The van der Waals surface area contributed by atoms with E-state index in [0.717, 1.165) is 5.56 Å². The van der Waals surface area contributed by atoms with Crippen LogP contribution in [0, 0.1) is 0 Å². The topological polar surface area (TPSA) is 17.1 Å². The Balaban J connectivity index is 2.95. The molecule has 10 heavy (non-hydrogen) atoms. The van der Waals surface area contributed by atoms with Crippen LogP contribution in [0.3, 0.4) is 0 Å². The molecule has 0 fully saturated rings. The molecule has 0 spiro atoms. The fourth-order valence-electron chi connectivity index (χ4n) is 0.698. The van der Waals surface area contributed by atoms with Crippen molar-refractivity contribution in [3.63, 3.8) is 0 Å². The molecule has 1 radical (unpaired) electrons.